The third-order valence-corrected chi connectivity index (χ3v) is 3.46. The van der Waals surface area contributed by atoms with Crippen LogP contribution in [0.25, 0.3) is 0 Å². The summed E-state index contributed by atoms with van der Waals surface area (Å²) in [5.41, 5.74) is 0.614. The van der Waals surface area contributed by atoms with Crippen LogP contribution in [0.3, 0.4) is 0 Å². The number of hydrogen-bond donors (Lipinski definition) is 1. The molecule has 1 rings (SSSR count). The second kappa shape index (κ2) is 7.12. The molecular formula is C15H23FN2O. The van der Waals surface area contributed by atoms with Crippen LogP contribution >= 0.6 is 0 Å². The van der Waals surface area contributed by atoms with Gasteiger partial charge in [-0.1, -0.05) is 13.8 Å². The van der Waals surface area contributed by atoms with Crippen molar-refractivity contribution in [2.45, 2.75) is 52.6 Å². The average Bonchev–Trinajstić information content (AvgIpc) is 2.41. The number of amides is 2. The van der Waals surface area contributed by atoms with Crippen LogP contribution in [-0.2, 0) is 0 Å². The van der Waals surface area contributed by atoms with Gasteiger partial charge in [-0.05, 0) is 51.0 Å². The Morgan fingerprint density at radius 2 is 1.63 bits per heavy atom. The van der Waals surface area contributed by atoms with Gasteiger partial charge in [-0.25, -0.2) is 9.18 Å². The van der Waals surface area contributed by atoms with Crippen LogP contribution in [-0.4, -0.2) is 23.0 Å². The van der Waals surface area contributed by atoms with Gasteiger partial charge in [-0.15, -0.1) is 0 Å². The fourth-order valence-corrected chi connectivity index (χ4v) is 1.95. The van der Waals surface area contributed by atoms with E-state index >= 15 is 0 Å². The first-order chi connectivity index (χ1) is 8.99. The molecule has 4 heteroatoms. The van der Waals surface area contributed by atoms with Crippen molar-refractivity contribution in [3.8, 4) is 0 Å². The van der Waals surface area contributed by atoms with Gasteiger partial charge in [0.1, 0.15) is 5.82 Å². The number of carbonyl (C=O) groups excluding carboxylic acids is 1. The van der Waals surface area contributed by atoms with Crippen molar-refractivity contribution < 1.29 is 9.18 Å². The summed E-state index contributed by atoms with van der Waals surface area (Å²) < 4.78 is 12.8. The number of nitrogens with one attached hydrogen (secondary N) is 1. The minimum Gasteiger partial charge on any atom is -0.319 e. The largest absolute Gasteiger partial charge is 0.322 e. The topological polar surface area (TPSA) is 32.3 Å². The zero-order valence-corrected chi connectivity index (χ0v) is 12.1. The average molecular weight is 266 g/mol. The predicted octanol–water partition coefficient (Wildman–Crippen LogP) is 4.26. The lowest BCUT2D eigenvalue weighted by molar-refractivity contribution is 0.163. The molecule has 0 aromatic heterocycles. The van der Waals surface area contributed by atoms with Gasteiger partial charge in [0, 0.05) is 17.8 Å². The normalized spacial score (nSPS) is 13.7. The molecule has 0 fully saturated rings. The minimum absolute atomic E-state index is 0.129. The SMILES string of the molecule is CCC(C)N(C(=O)Nc1ccc(F)cc1)C(C)CC. The molecule has 0 radical (unpaired) electrons. The van der Waals surface area contributed by atoms with Crippen LogP contribution in [0.1, 0.15) is 40.5 Å². The van der Waals surface area contributed by atoms with Crippen LogP contribution in [0.2, 0.25) is 0 Å². The molecule has 19 heavy (non-hydrogen) atoms. The van der Waals surface area contributed by atoms with Crippen LogP contribution in [0.5, 0.6) is 0 Å². The summed E-state index contributed by atoms with van der Waals surface area (Å²) in [6.07, 6.45) is 1.81. The van der Waals surface area contributed by atoms with Crippen molar-refractivity contribution in [2.24, 2.45) is 0 Å². The second-order valence-electron chi connectivity index (χ2n) is 4.86. The number of anilines is 1. The number of benzene rings is 1. The highest BCUT2D eigenvalue weighted by Gasteiger charge is 2.23. The van der Waals surface area contributed by atoms with E-state index in [9.17, 15) is 9.18 Å². The highest BCUT2D eigenvalue weighted by molar-refractivity contribution is 5.89. The quantitative estimate of drug-likeness (QED) is 0.848. The minimum atomic E-state index is -0.307. The van der Waals surface area contributed by atoms with E-state index in [-0.39, 0.29) is 23.9 Å². The summed E-state index contributed by atoms with van der Waals surface area (Å²) in [6, 6.07) is 6.04. The van der Waals surface area contributed by atoms with Gasteiger partial charge in [0.05, 0.1) is 0 Å². The van der Waals surface area contributed by atoms with Crippen molar-refractivity contribution in [2.75, 3.05) is 5.32 Å². The summed E-state index contributed by atoms with van der Waals surface area (Å²) >= 11 is 0. The van der Waals surface area contributed by atoms with E-state index in [0.717, 1.165) is 12.8 Å². The maximum atomic E-state index is 12.8. The lowest BCUT2D eigenvalue weighted by Gasteiger charge is -2.33. The van der Waals surface area contributed by atoms with Crippen LogP contribution in [0.4, 0.5) is 14.9 Å². The molecule has 1 aromatic carbocycles. The summed E-state index contributed by atoms with van der Waals surface area (Å²) in [6.45, 7) is 8.20. The number of rotatable bonds is 5. The molecule has 1 N–H and O–H groups in total. The van der Waals surface area contributed by atoms with Crippen LogP contribution in [0.15, 0.2) is 24.3 Å². The first-order valence-corrected chi connectivity index (χ1v) is 6.84. The van der Waals surface area contributed by atoms with Crippen molar-refractivity contribution in [1.82, 2.24) is 4.90 Å². The fourth-order valence-electron chi connectivity index (χ4n) is 1.95. The molecule has 0 bridgehead atoms. The maximum Gasteiger partial charge on any atom is 0.322 e. The van der Waals surface area contributed by atoms with Crippen LogP contribution in [0, 0.1) is 5.82 Å². The zero-order valence-electron chi connectivity index (χ0n) is 12.1. The Kier molecular flexibility index (Phi) is 5.80. The Morgan fingerprint density at radius 3 is 2.05 bits per heavy atom. The number of urea groups is 1. The molecule has 2 atom stereocenters. The van der Waals surface area contributed by atoms with E-state index in [1.807, 2.05) is 18.7 Å². The first kappa shape index (κ1) is 15.5. The molecule has 1 aromatic rings. The number of carbonyl (C=O) groups is 1. The van der Waals surface area contributed by atoms with Gasteiger partial charge in [-0.2, -0.15) is 0 Å². The highest BCUT2D eigenvalue weighted by atomic mass is 19.1. The van der Waals surface area contributed by atoms with E-state index in [1.54, 1.807) is 12.1 Å². The molecule has 0 spiro atoms. The Hall–Kier alpha value is -1.58. The highest BCUT2D eigenvalue weighted by Crippen LogP contribution is 2.15. The number of halogens is 1. The van der Waals surface area contributed by atoms with Gasteiger partial charge >= 0.3 is 6.03 Å². The number of hydrogen-bond acceptors (Lipinski definition) is 1. The Bertz CT molecular complexity index is 395. The third kappa shape index (κ3) is 4.23. The first-order valence-electron chi connectivity index (χ1n) is 6.84. The predicted molar refractivity (Wildman–Crippen MR) is 76.8 cm³/mol. The molecule has 0 aliphatic carbocycles. The lowest BCUT2D eigenvalue weighted by atomic mass is 10.1. The van der Waals surface area contributed by atoms with Crippen molar-refractivity contribution in [3.05, 3.63) is 30.1 Å². The molecule has 0 aliphatic heterocycles. The molecular weight excluding hydrogens is 243 g/mol. The molecule has 0 heterocycles. The monoisotopic (exact) mass is 266 g/mol. The maximum absolute atomic E-state index is 12.8. The van der Waals surface area contributed by atoms with E-state index in [4.69, 9.17) is 0 Å². The summed E-state index contributed by atoms with van der Waals surface area (Å²) in [5.74, 6) is -0.307. The standard InChI is InChI=1S/C15H23FN2O/c1-5-11(3)18(12(4)6-2)15(19)17-14-9-7-13(16)8-10-14/h7-12H,5-6H2,1-4H3,(H,17,19). The van der Waals surface area contributed by atoms with Crippen molar-refractivity contribution in [3.63, 3.8) is 0 Å². The second-order valence-corrected chi connectivity index (χ2v) is 4.86. The Balaban J connectivity index is 2.79. The number of nitrogens with zero attached hydrogens (tertiary/aromatic N) is 1. The molecule has 106 valence electrons. The Morgan fingerprint density at radius 1 is 1.16 bits per heavy atom. The van der Waals surface area contributed by atoms with Gasteiger partial charge in [-0.3, -0.25) is 0 Å². The Labute approximate surface area is 114 Å². The molecule has 3 nitrogen and oxygen atoms in total. The molecule has 2 unspecified atom stereocenters. The third-order valence-electron chi connectivity index (χ3n) is 3.46. The molecule has 0 saturated carbocycles. The lowest BCUT2D eigenvalue weighted by Crippen LogP contribution is -2.46. The van der Waals surface area contributed by atoms with Gasteiger partial charge in [0.15, 0.2) is 0 Å². The summed E-state index contributed by atoms with van der Waals surface area (Å²) in [7, 11) is 0. The van der Waals surface area contributed by atoms with Gasteiger partial charge in [0.2, 0.25) is 0 Å². The van der Waals surface area contributed by atoms with E-state index in [0.29, 0.717) is 5.69 Å². The van der Waals surface area contributed by atoms with E-state index in [2.05, 4.69) is 19.2 Å². The fraction of sp³-hybridized carbons (Fsp3) is 0.533. The van der Waals surface area contributed by atoms with Crippen molar-refractivity contribution >= 4 is 11.7 Å². The van der Waals surface area contributed by atoms with Crippen molar-refractivity contribution in [1.29, 1.82) is 0 Å². The molecule has 2 amide bonds. The zero-order chi connectivity index (χ0) is 14.4. The molecule has 0 saturated heterocycles. The van der Waals surface area contributed by atoms with Gasteiger partial charge < -0.3 is 10.2 Å². The summed E-state index contributed by atoms with van der Waals surface area (Å²) in [4.78, 5) is 14.2. The van der Waals surface area contributed by atoms with Gasteiger partial charge in [0.25, 0.3) is 0 Å². The van der Waals surface area contributed by atoms with Crippen LogP contribution < -0.4 is 5.32 Å². The summed E-state index contributed by atoms with van der Waals surface area (Å²) in [5, 5.41) is 2.82. The van der Waals surface area contributed by atoms with E-state index < -0.39 is 0 Å². The van der Waals surface area contributed by atoms with E-state index in [1.165, 1.54) is 12.1 Å². The smallest absolute Gasteiger partial charge is 0.319 e. The molecule has 0 aliphatic rings.